The van der Waals surface area contributed by atoms with E-state index in [1.165, 1.54) is 0 Å². The number of nitrogens with zero attached hydrogens (tertiary/aromatic N) is 4. The van der Waals surface area contributed by atoms with Crippen LogP contribution in [0.3, 0.4) is 0 Å². The number of unbranched alkanes of at least 4 members (excludes halogenated alkanes) is 1. The molecule has 0 spiro atoms. The molecule has 0 unspecified atom stereocenters. The van der Waals surface area contributed by atoms with Crippen LogP contribution in [0.5, 0.6) is 0 Å². The average molecular weight is 245 g/mol. The highest BCUT2D eigenvalue weighted by molar-refractivity contribution is 7.99. The van der Waals surface area contributed by atoms with Gasteiger partial charge in [-0.15, -0.1) is 5.10 Å². The van der Waals surface area contributed by atoms with E-state index in [1.807, 2.05) is 4.68 Å². The maximum atomic E-state index is 8.66. The molecule has 1 aromatic rings. The molecular formula is C9H19N5OS. The van der Waals surface area contributed by atoms with E-state index < -0.39 is 0 Å². The topological polar surface area (TPSA) is 75.9 Å². The van der Waals surface area contributed by atoms with Gasteiger partial charge in [0, 0.05) is 18.9 Å². The Labute approximate surface area is 99.8 Å². The lowest BCUT2D eigenvalue weighted by atomic mass is 10.4. The number of aromatic nitrogens is 4. The Morgan fingerprint density at radius 2 is 2.31 bits per heavy atom. The van der Waals surface area contributed by atoms with Gasteiger partial charge < -0.3 is 10.4 Å². The quantitative estimate of drug-likeness (QED) is 0.476. The third kappa shape index (κ3) is 4.91. The summed E-state index contributed by atoms with van der Waals surface area (Å²) in [4.78, 5) is 0. The van der Waals surface area contributed by atoms with Crippen molar-refractivity contribution in [3.8, 4) is 0 Å². The zero-order valence-electron chi connectivity index (χ0n) is 9.59. The van der Waals surface area contributed by atoms with E-state index in [4.69, 9.17) is 5.11 Å². The lowest BCUT2D eigenvalue weighted by Gasteiger charge is -2.04. The second kappa shape index (κ2) is 8.49. The van der Waals surface area contributed by atoms with Gasteiger partial charge in [-0.25, -0.2) is 4.68 Å². The smallest absolute Gasteiger partial charge is 0.209 e. The highest BCUT2D eigenvalue weighted by atomic mass is 32.2. The van der Waals surface area contributed by atoms with E-state index in [2.05, 4.69) is 27.8 Å². The summed E-state index contributed by atoms with van der Waals surface area (Å²) in [5, 5.41) is 24.3. The number of hydrogen-bond donors (Lipinski definition) is 2. The van der Waals surface area contributed by atoms with Crippen molar-refractivity contribution in [3.05, 3.63) is 0 Å². The number of hydrogen-bond acceptors (Lipinski definition) is 6. The average Bonchev–Trinajstić information content (AvgIpc) is 2.73. The molecule has 0 aromatic carbocycles. The third-order valence-electron chi connectivity index (χ3n) is 2.03. The van der Waals surface area contributed by atoms with Crippen molar-refractivity contribution in [2.75, 3.05) is 25.4 Å². The number of nitrogens with one attached hydrogen (secondary N) is 1. The molecular weight excluding hydrogens is 226 g/mol. The van der Waals surface area contributed by atoms with Crippen LogP contribution in [0.15, 0.2) is 5.16 Å². The molecule has 0 aliphatic heterocycles. The van der Waals surface area contributed by atoms with Crippen LogP contribution in [-0.2, 0) is 6.54 Å². The SMILES string of the molecule is CCNCCn1nnnc1SCCCCO. The predicted molar refractivity (Wildman–Crippen MR) is 63.4 cm³/mol. The van der Waals surface area contributed by atoms with Gasteiger partial charge >= 0.3 is 0 Å². The van der Waals surface area contributed by atoms with E-state index in [9.17, 15) is 0 Å². The van der Waals surface area contributed by atoms with E-state index in [1.54, 1.807) is 11.8 Å². The lowest BCUT2D eigenvalue weighted by Crippen LogP contribution is -2.20. The molecule has 92 valence electrons. The van der Waals surface area contributed by atoms with Gasteiger partial charge in [-0.1, -0.05) is 18.7 Å². The minimum atomic E-state index is 0.256. The first kappa shape index (κ1) is 13.4. The molecule has 0 saturated heterocycles. The van der Waals surface area contributed by atoms with Gasteiger partial charge in [0.15, 0.2) is 0 Å². The molecule has 0 radical (unpaired) electrons. The first-order chi connectivity index (χ1) is 7.88. The fraction of sp³-hybridized carbons (Fsp3) is 0.889. The van der Waals surface area contributed by atoms with Crippen molar-refractivity contribution < 1.29 is 5.11 Å². The first-order valence-corrected chi connectivity index (χ1v) is 6.57. The lowest BCUT2D eigenvalue weighted by molar-refractivity contribution is 0.287. The van der Waals surface area contributed by atoms with Crippen molar-refractivity contribution in [3.63, 3.8) is 0 Å². The number of thioether (sulfide) groups is 1. The number of rotatable bonds is 9. The first-order valence-electron chi connectivity index (χ1n) is 5.59. The molecule has 2 N–H and O–H groups in total. The van der Waals surface area contributed by atoms with Crippen molar-refractivity contribution >= 4 is 11.8 Å². The van der Waals surface area contributed by atoms with E-state index >= 15 is 0 Å². The largest absolute Gasteiger partial charge is 0.396 e. The van der Waals surface area contributed by atoms with Crippen LogP contribution in [-0.4, -0.2) is 50.8 Å². The molecule has 6 nitrogen and oxygen atoms in total. The van der Waals surface area contributed by atoms with Crippen molar-refractivity contribution in [1.29, 1.82) is 0 Å². The minimum Gasteiger partial charge on any atom is -0.396 e. The van der Waals surface area contributed by atoms with Gasteiger partial charge in [0.2, 0.25) is 5.16 Å². The van der Waals surface area contributed by atoms with Crippen molar-refractivity contribution in [2.24, 2.45) is 0 Å². The van der Waals surface area contributed by atoms with E-state index in [-0.39, 0.29) is 6.61 Å². The Kier molecular flexibility index (Phi) is 7.11. The van der Waals surface area contributed by atoms with Gasteiger partial charge in [0.1, 0.15) is 0 Å². The Hall–Kier alpha value is -0.660. The van der Waals surface area contributed by atoms with E-state index in [0.29, 0.717) is 0 Å². The van der Waals surface area contributed by atoms with Gasteiger partial charge in [0.25, 0.3) is 0 Å². The maximum Gasteiger partial charge on any atom is 0.209 e. The number of aliphatic hydroxyl groups excluding tert-OH is 1. The predicted octanol–water partition coefficient (Wildman–Crippen LogP) is 0.147. The van der Waals surface area contributed by atoms with Crippen LogP contribution in [0.4, 0.5) is 0 Å². The fourth-order valence-electron chi connectivity index (χ4n) is 1.18. The monoisotopic (exact) mass is 245 g/mol. The standard InChI is InChI=1S/C9H19N5OS/c1-2-10-5-6-14-9(11-12-13-14)16-8-4-3-7-15/h10,15H,2-8H2,1H3. The Bertz CT molecular complexity index is 281. The molecule has 7 heteroatoms. The minimum absolute atomic E-state index is 0.256. The molecule has 0 amide bonds. The fourth-order valence-corrected chi connectivity index (χ4v) is 2.08. The molecule has 1 rings (SSSR count). The maximum absolute atomic E-state index is 8.66. The zero-order valence-corrected chi connectivity index (χ0v) is 10.4. The highest BCUT2D eigenvalue weighted by Gasteiger charge is 2.05. The third-order valence-corrected chi connectivity index (χ3v) is 3.08. The van der Waals surface area contributed by atoms with Gasteiger partial charge in [-0.05, 0) is 29.8 Å². The summed E-state index contributed by atoms with van der Waals surface area (Å²) in [5.41, 5.74) is 0. The van der Waals surface area contributed by atoms with Crippen LogP contribution in [0.2, 0.25) is 0 Å². The van der Waals surface area contributed by atoms with Crippen molar-refractivity contribution in [2.45, 2.75) is 31.5 Å². The van der Waals surface area contributed by atoms with Gasteiger partial charge in [0.05, 0.1) is 6.54 Å². The summed E-state index contributed by atoms with van der Waals surface area (Å²) in [6.07, 6.45) is 1.83. The van der Waals surface area contributed by atoms with Crippen LogP contribution in [0.25, 0.3) is 0 Å². The molecule has 1 aromatic heterocycles. The molecule has 0 saturated carbocycles. The molecule has 16 heavy (non-hydrogen) atoms. The van der Waals surface area contributed by atoms with Crippen molar-refractivity contribution in [1.82, 2.24) is 25.5 Å². The highest BCUT2D eigenvalue weighted by Crippen LogP contribution is 2.14. The summed E-state index contributed by atoms with van der Waals surface area (Å²) in [5.74, 6) is 0.947. The molecule has 0 aliphatic carbocycles. The van der Waals surface area contributed by atoms with Crippen LogP contribution in [0, 0.1) is 0 Å². The number of likely N-dealkylation sites (N-methyl/N-ethyl adjacent to an activating group) is 1. The summed E-state index contributed by atoms with van der Waals surface area (Å²) in [6.45, 7) is 4.96. The second-order valence-corrected chi connectivity index (χ2v) is 4.38. The zero-order chi connectivity index (χ0) is 11.6. The second-order valence-electron chi connectivity index (χ2n) is 3.32. The normalized spacial score (nSPS) is 10.9. The molecule has 1 heterocycles. The summed E-state index contributed by atoms with van der Waals surface area (Å²) in [6, 6.07) is 0. The summed E-state index contributed by atoms with van der Waals surface area (Å²) < 4.78 is 1.81. The Balaban J connectivity index is 2.26. The molecule has 0 fully saturated rings. The van der Waals surface area contributed by atoms with Gasteiger partial charge in [-0.2, -0.15) is 0 Å². The van der Waals surface area contributed by atoms with E-state index in [0.717, 1.165) is 43.4 Å². The summed E-state index contributed by atoms with van der Waals surface area (Å²) >= 11 is 1.64. The Morgan fingerprint density at radius 3 is 3.06 bits per heavy atom. The number of aliphatic hydroxyl groups is 1. The van der Waals surface area contributed by atoms with Crippen LogP contribution < -0.4 is 5.32 Å². The Morgan fingerprint density at radius 1 is 1.44 bits per heavy atom. The summed E-state index contributed by atoms with van der Waals surface area (Å²) in [7, 11) is 0. The van der Waals surface area contributed by atoms with Crippen LogP contribution >= 0.6 is 11.8 Å². The number of tetrazole rings is 1. The van der Waals surface area contributed by atoms with Gasteiger partial charge in [-0.3, -0.25) is 0 Å². The van der Waals surface area contributed by atoms with Crippen LogP contribution in [0.1, 0.15) is 19.8 Å². The molecule has 0 bridgehead atoms. The molecule has 0 atom stereocenters. The molecule has 0 aliphatic rings.